The average Bonchev–Trinajstić information content (AvgIpc) is 2.45. The van der Waals surface area contributed by atoms with E-state index in [2.05, 4.69) is 46.0 Å². The second-order valence-corrected chi connectivity index (χ2v) is 6.22. The molecule has 0 radical (unpaired) electrons. The zero-order valence-corrected chi connectivity index (χ0v) is 14.5. The van der Waals surface area contributed by atoms with Crippen molar-refractivity contribution in [1.82, 2.24) is 4.98 Å². The minimum atomic E-state index is -0.0829. The highest BCUT2D eigenvalue weighted by molar-refractivity contribution is 9.10. The van der Waals surface area contributed by atoms with Crippen LogP contribution >= 0.6 is 15.9 Å². The molecular formula is C17H21BrN2O. The standard InChI is InChI=1S/C17H21BrN2O/c1-10-5-6-13(7-14(10)18)15(19)8-16-12(3)17(21-4)11(2)9-20-16/h5-7,9,15H,8,19H2,1-4H3. The van der Waals surface area contributed by atoms with Crippen LogP contribution in [0.25, 0.3) is 0 Å². The second-order valence-electron chi connectivity index (χ2n) is 5.37. The third-order valence-electron chi connectivity index (χ3n) is 3.79. The zero-order valence-electron chi connectivity index (χ0n) is 12.9. The number of aromatic nitrogens is 1. The number of rotatable bonds is 4. The van der Waals surface area contributed by atoms with Crippen molar-refractivity contribution in [2.24, 2.45) is 5.73 Å². The molecule has 1 heterocycles. The predicted octanol–water partition coefficient (Wildman–Crippen LogP) is 4.02. The van der Waals surface area contributed by atoms with Gasteiger partial charge in [0.15, 0.2) is 0 Å². The van der Waals surface area contributed by atoms with Crippen molar-refractivity contribution in [1.29, 1.82) is 0 Å². The highest BCUT2D eigenvalue weighted by Crippen LogP contribution is 2.27. The van der Waals surface area contributed by atoms with Crippen LogP contribution in [0.3, 0.4) is 0 Å². The summed E-state index contributed by atoms with van der Waals surface area (Å²) in [7, 11) is 1.69. The maximum atomic E-state index is 6.34. The van der Waals surface area contributed by atoms with Crippen LogP contribution in [0.2, 0.25) is 0 Å². The smallest absolute Gasteiger partial charge is 0.128 e. The first kappa shape index (κ1) is 16.0. The van der Waals surface area contributed by atoms with E-state index < -0.39 is 0 Å². The Morgan fingerprint density at radius 2 is 1.95 bits per heavy atom. The maximum absolute atomic E-state index is 6.34. The van der Waals surface area contributed by atoms with E-state index in [9.17, 15) is 0 Å². The first-order valence-corrected chi connectivity index (χ1v) is 7.74. The first-order valence-electron chi connectivity index (χ1n) is 6.94. The molecule has 1 unspecified atom stereocenters. The van der Waals surface area contributed by atoms with E-state index in [-0.39, 0.29) is 6.04 Å². The van der Waals surface area contributed by atoms with Gasteiger partial charge in [-0.15, -0.1) is 0 Å². The number of pyridine rings is 1. The Morgan fingerprint density at radius 3 is 2.57 bits per heavy atom. The summed E-state index contributed by atoms with van der Waals surface area (Å²) < 4.78 is 6.54. The summed E-state index contributed by atoms with van der Waals surface area (Å²) in [4.78, 5) is 4.52. The van der Waals surface area contributed by atoms with Crippen LogP contribution in [-0.4, -0.2) is 12.1 Å². The van der Waals surface area contributed by atoms with E-state index >= 15 is 0 Å². The minimum absolute atomic E-state index is 0.0829. The molecule has 4 heteroatoms. The molecule has 1 atom stereocenters. The zero-order chi connectivity index (χ0) is 15.6. The molecule has 0 aliphatic heterocycles. The van der Waals surface area contributed by atoms with Gasteiger partial charge in [-0.1, -0.05) is 28.1 Å². The van der Waals surface area contributed by atoms with Crippen molar-refractivity contribution in [2.75, 3.05) is 7.11 Å². The predicted molar refractivity (Wildman–Crippen MR) is 89.8 cm³/mol. The summed E-state index contributed by atoms with van der Waals surface area (Å²) >= 11 is 3.56. The second kappa shape index (κ2) is 6.58. The molecule has 0 amide bonds. The lowest BCUT2D eigenvalue weighted by Gasteiger charge is -2.16. The molecule has 0 saturated heterocycles. The lowest BCUT2D eigenvalue weighted by Crippen LogP contribution is -2.15. The molecule has 2 N–H and O–H groups in total. The molecule has 21 heavy (non-hydrogen) atoms. The molecule has 0 bridgehead atoms. The number of methoxy groups -OCH3 is 1. The van der Waals surface area contributed by atoms with Crippen molar-refractivity contribution < 1.29 is 4.74 Å². The van der Waals surface area contributed by atoms with Crippen molar-refractivity contribution in [3.05, 3.63) is 56.8 Å². The van der Waals surface area contributed by atoms with Gasteiger partial charge in [0, 0.05) is 40.0 Å². The Hall–Kier alpha value is -1.39. The SMILES string of the molecule is COc1c(C)cnc(CC(N)c2ccc(C)c(Br)c2)c1C. The van der Waals surface area contributed by atoms with Crippen molar-refractivity contribution in [3.8, 4) is 5.75 Å². The number of benzene rings is 1. The van der Waals surface area contributed by atoms with E-state index in [0.717, 1.165) is 32.6 Å². The summed E-state index contributed by atoms with van der Waals surface area (Å²) in [5, 5.41) is 0. The highest BCUT2D eigenvalue weighted by atomic mass is 79.9. The molecule has 0 spiro atoms. The molecular weight excluding hydrogens is 328 g/mol. The number of aryl methyl sites for hydroxylation is 2. The summed E-state index contributed by atoms with van der Waals surface area (Å²) in [6, 6.07) is 6.15. The van der Waals surface area contributed by atoms with Gasteiger partial charge in [0.25, 0.3) is 0 Å². The number of nitrogens with two attached hydrogens (primary N) is 1. The molecule has 0 aliphatic rings. The Labute approximate surface area is 134 Å². The Kier molecular flexibility index (Phi) is 5.01. The van der Waals surface area contributed by atoms with Gasteiger partial charge in [-0.25, -0.2) is 0 Å². The third-order valence-corrected chi connectivity index (χ3v) is 4.64. The van der Waals surface area contributed by atoms with Crippen LogP contribution in [0.15, 0.2) is 28.9 Å². The van der Waals surface area contributed by atoms with Gasteiger partial charge in [0.05, 0.1) is 7.11 Å². The lowest BCUT2D eigenvalue weighted by atomic mass is 9.98. The van der Waals surface area contributed by atoms with E-state index in [1.165, 1.54) is 5.56 Å². The van der Waals surface area contributed by atoms with Crippen LogP contribution in [0.4, 0.5) is 0 Å². The topological polar surface area (TPSA) is 48.1 Å². The lowest BCUT2D eigenvalue weighted by molar-refractivity contribution is 0.406. The molecule has 2 rings (SSSR count). The third kappa shape index (κ3) is 3.44. The Morgan fingerprint density at radius 1 is 1.24 bits per heavy atom. The van der Waals surface area contributed by atoms with Gasteiger partial charge in [-0.3, -0.25) is 4.98 Å². The van der Waals surface area contributed by atoms with Gasteiger partial charge in [0.2, 0.25) is 0 Å². The van der Waals surface area contributed by atoms with Gasteiger partial charge in [-0.2, -0.15) is 0 Å². The minimum Gasteiger partial charge on any atom is -0.496 e. The molecule has 1 aromatic carbocycles. The van der Waals surface area contributed by atoms with Crippen molar-refractivity contribution >= 4 is 15.9 Å². The van der Waals surface area contributed by atoms with E-state index in [1.54, 1.807) is 7.11 Å². The maximum Gasteiger partial charge on any atom is 0.128 e. The largest absolute Gasteiger partial charge is 0.496 e. The molecule has 0 saturated carbocycles. The Bertz CT molecular complexity index is 655. The van der Waals surface area contributed by atoms with Gasteiger partial charge < -0.3 is 10.5 Å². The summed E-state index contributed by atoms with van der Waals surface area (Å²) in [6.45, 7) is 6.10. The van der Waals surface area contributed by atoms with Crippen LogP contribution in [0, 0.1) is 20.8 Å². The van der Waals surface area contributed by atoms with Crippen molar-refractivity contribution in [2.45, 2.75) is 33.2 Å². The molecule has 0 aliphatic carbocycles. The number of halogens is 1. The van der Waals surface area contributed by atoms with Gasteiger partial charge >= 0.3 is 0 Å². The van der Waals surface area contributed by atoms with Crippen LogP contribution in [0.1, 0.15) is 34.0 Å². The highest BCUT2D eigenvalue weighted by Gasteiger charge is 2.14. The number of nitrogens with zero attached hydrogens (tertiary/aromatic N) is 1. The number of ether oxygens (including phenoxy) is 1. The molecule has 3 nitrogen and oxygen atoms in total. The van der Waals surface area contributed by atoms with Gasteiger partial charge in [-0.05, 0) is 38.0 Å². The number of hydrogen-bond acceptors (Lipinski definition) is 3. The van der Waals surface area contributed by atoms with Crippen molar-refractivity contribution in [3.63, 3.8) is 0 Å². The molecule has 2 aromatic rings. The summed E-state index contributed by atoms with van der Waals surface area (Å²) in [5.41, 5.74) is 11.8. The van der Waals surface area contributed by atoms with Gasteiger partial charge in [0.1, 0.15) is 5.75 Å². The van der Waals surface area contributed by atoms with E-state index in [4.69, 9.17) is 10.5 Å². The molecule has 1 aromatic heterocycles. The van der Waals surface area contributed by atoms with Crippen LogP contribution in [0.5, 0.6) is 5.75 Å². The normalized spacial score (nSPS) is 12.3. The summed E-state index contributed by atoms with van der Waals surface area (Å²) in [6.07, 6.45) is 2.54. The average molecular weight is 349 g/mol. The fraction of sp³-hybridized carbons (Fsp3) is 0.353. The Balaban J connectivity index is 2.27. The first-order chi connectivity index (χ1) is 9.93. The number of hydrogen-bond donors (Lipinski definition) is 1. The summed E-state index contributed by atoms with van der Waals surface area (Å²) in [5.74, 6) is 0.900. The quantitative estimate of drug-likeness (QED) is 0.907. The van der Waals surface area contributed by atoms with E-state index in [1.807, 2.05) is 20.0 Å². The molecule has 0 fully saturated rings. The van der Waals surface area contributed by atoms with E-state index in [0.29, 0.717) is 6.42 Å². The molecule has 112 valence electrons. The fourth-order valence-electron chi connectivity index (χ4n) is 2.44. The van der Waals surface area contributed by atoms with Crippen LogP contribution in [-0.2, 0) is 6.42 Å². The van der Waals surface area contributed by atoms with Crippen LogP contribution < -0.4 is 10.5 Å². The fourth-order valence-corrected chi connectivity index (χ4v) is 2.84. The monoisotopic (exact) mass is 348 g/mol.